The fraction of sp³-hybridized carbons (Fsp3) is 0.455. The van der Waals surface area contributed by atoms with E-state index in [-0.39, 0.29) is 0 Å². The SMILES string of the molecule is CC(CCN)SCc1nnc(-c2ccc(Br)o2)o1. The van der Waals surface area contributed by atoms with Gasteiger partial charge in [-0.25, -0.2) is 0 Å². The van der Waals surface area contributed by atoms with Gasteiger partial charge in [0.2, 0.25) is 5.89 Å². The van der Waals surface area contributed by atoms with Gasteiger partial charge in [-0.05, 0) is 41.0 Å². The molecule has 0 fully saturated rings. The molecule has 18 heavy (non-hydrogen) atoms. The van der Waals surface area contributed by atoms with Crippen molar-refractivity contribution in [3.8, 4) is 11.7 Å². The van der Waals surface area contributed by atoms with Gasteiger partial charge in [0.15, 0.2) is 10.4 Å². The molecule has 0 bridgehead atoms. The lowest BCUT2D eigenvalue weighted by Gasteiger charge is -2.06. The van der Waals surface area contributed by atoms with Crippen LogP contribution in [0.1, 0.15) is 19.2 Å². The number of nitrogens with zero attached hydrogens (tertiary/aromatic N) is 2. The van der Waals surface area contributed by atoms with Crippen LogP contribution in [0.2, 0.25) is 0 Å². The monoisotopic (exact) mass is 331 g/mol. The lowest BCUT2D eigenvalue weighted by molar-refractivity contribution is 0.486. The number of thioether (sulfide) groups is 1. The van der Waals surface area contributed by atoms with Gasteiger partial charge in [-0.1, -0.05) is 6.92 Å². The molecule has 0 aliphatic rings. The minimum atomic E-state index is 0.405. The van der Waals surface area contributed by atoms with Gasteiger partial charge in [0, 0.05) is 5.25 Å². The van der Waals surface area contributed by atoms with E-state index in [0.717, 1.165) is 6.42 Å². The van der Waals surface area contributed by atoms with E-state index in [1.807, 2.05) is 0 Å². The van der Waals surface area contributed by atoms with Crippen molar-refractivity contribution in [2.45, 2.75) is 24.3 Å². The Hall–Kier alpha value is -0.790. The van der Waals surface area contributed by atoms with Crippen LogP contribution in [0.15, 0.2) is 25.6 Å². The molecule has 7 heteroatoms. The van der Waals surface area contributed by atoms with E-state index in [4.69, 9.17) is 14.6 Å². The highest BCUT2D eigenvalue weighted by molar-refractivity contribution is 9.10. The Morgan fingerprint density at radius 3 is 2.89 bits per heavy atom. The lowest BCUT2D eigenvalue weighted by atomic mass is 10.3. The highest BCUT2D eigenvalue weighted by Crippen LogP contribution is 2.25. The second-order valence-electron chi connectivity index (χ2n) is 3.80. The third-order valence-corrected chi connectivity index (χ3v) is 3.96. The van der Waals surface area contributed by atoms with E-state index in [9.17, 15) is 0 Å². The highest BCUT2D eigenvalue weighted by Gasteiger charge is 2.13. The third-order valence-electron chi connectivity index (χ3n) is 2.32. The summed E-state index contributed by atoms with van der Waals surface area (Å²) in [6.07, 6.45) is 0.983. The molecule has 2 aromatic heterocycles. The van der Waals surface area contributed by atoms with E-state index in [2.05, 4.69) is 33.1 Å². The average Bonchev–Trinajstić information content (AvgIpc) is 2.95. The number of rotatable bonds is 6. The predicted molar refractivity (Wildman–Crippen MR) is 74.1 cm³/mol. The molecule has 2 N–H and O–H groups in total. The Morgan fingerprint density at radius 2 is 2.22 bits per heavy atom. The first-order valence-corrected chi connectivity index (χ1v) is 7.43. The summed E-state index contributed by atoms with van der Waals surface area (Å²) in [5.74, 6) is 2.27. The van der Waals surface area contributed by atoms with E-state index >= 15 is 0 Å². The van der Waals surface area contributed by atoms with Crippen molar-refractivity contribution in [2.75, 3.05) is 6.54 Å². The summed E-state index contributed by atoms with van der Waals surface area (Å²) in [7, 11) is 0. The Morgan fingerprint density at radius 1 is 1.39 bits per heavy atom. The number of hydrogen-bond acceptors (Lipinski definition) is 6. The zero-order valence-electron chi connectivity index (χ0n) is 9.93. The average molecular weight is 332 g/mol. The Balaban J connectivity index is 1.94. The van der Waals surface area contributed by atoms with Crippen molar-refractivity contribution in [1.82, 2.24) is 10.2 Å². The first-order chi connectivity index (χ1) is 8.69. The molecule has 0 aromatic carbocycles. The van der Waals surface area contributed by atoms with Crippen LogP contribution in [-0.4, -0.2) is 22.0 Å². The second kappa shape index (κ2) is 6.40. The summed E-state index contributed by atoms with van der Waals surface area (Å²) >= 11 is 4.98. The summed E-state index contributed by atoms with van der Waals surface area (Å²) in [6.45, 7) is 2.84. The van der Waals surface area contributed by atoms with Crippen LogP contribution in [0.3, 0.4) is 0 Å². The van der Waals surface area contributed by atoms with Crippen molar-refractivity contribution in [2.24, 2.45) is 5.73 Å². The van der Waals surface area contributed by atoms with Crippen LogP contribution in [0.25, 0.3) is 11.7 Å². The molecule has 0 saturated heterocycles. The standard InChI is InChI=1S/C11H14BrN3O2S/c1-7(4-5-13)18-6-10-14-15-11(17-10)8-2-3-9(12)16-8/h2-3,7H,4-6,13H2,1H3. The van der Waals surface area contributed by atoms with Gasteiger partial charge >= 0.3 is 0 Å². The molecule has 0 radical (unpaired) electrons. The van der Waals surface area contributed by atoms with E-state index in [1.165, 1.54) is 0 Å². The molecular formula is C11H14BrN3O2S. The Labute approximate surface area is 118 Å². The smallest absolute Gasteiger partial charge is 0.283 e. The number of halogens is 1. The zero-order valence-corrected chi connectivity index (χ0v) is 12.3. The van der Waals surface area contributed by atoms with Gasteiger partial charge in [0.25, 0.3) is 5.89 Å². The topological polar surface area (TPSA) is 78.1 Å². The predicted octanol–water partition coefficient (Wildman–Crippen LogP) is 3.06. The summed E-state index contributed by atoms with van der Waals surface area (Å²) in [4.78, 5) is 0. The summed E-state index contributed by atoms with van der Waals surface area (Å²) in [6, 6.07) is 3.57. The van der Waals surface area contributed by atoms with Crippen molar-refractivity contribution in [1.29, 1.82) is 0 Å². The molecule has 2 aromatic rings. The van der Waals surface area contributed by atoms with Gasteiger partial charge in [-0.2, -0.15) is 0 Å². The van der Waals surface area contributed by atoms with E-state index in [0.29, 0.717) is 39.8 Å². The molecular weight excluding hydrogens is 318 g/mol. The highest BCUT2D eigenvalue weighted by atomic mass is 79.9. The lowest BCUT2D eigenvalue weighted by Crippen LogP contribution is -2.07. The van der Waals surface area contributed by atoms with Crippen LogP contribution >= 0.6 is 27.7 Å². The zero-order chi connectivity index (χ0) is 13.0. The van der Waals surface area contributed by atoms with Crippen LogP contribution in [0.5, 0.6) is 0 Å². The van der Waals surface area contributed by atoms with Gasteiger partial charge in [-0.3, -0.25) is 0 Å². The van der Waals surface area contributed by atoms with E-state index < -0.39 is 0 Å². The minimum Gasteiger partial charge on any atom is -0.444 e. The molecule has 1 atom stereocenters. The molecule has 0 spiro atoms. The largest absolute Gasteiger partial charge is 0.444 e. The van der Waals surface area contributed by atoms with Crippen molar-refractivity contribution >= 4 is 27.7 Å². The second-order valence-corrected chi connectivity index (χ2v) is 6.01. The van der Waals surface area contributed by atoms with Gasteiger partial charge < -0.3 is 14.6 Å². The molecule has 5 nitrogen and oxygen atoms in total. The quantitative estimate of drug-likeness (QED) is 0.876. The van der Waals surface area contributed by atoms with Crippen LogP contribution in [0, 0.1) is 0 Å². The maximum absolute atomic E-state index is 5.52. The van der Waals surface area contributed by atoms with Crippen molar-refractivity contribution < 1.29 is 8.83 Å². The van der Waals surface area contributed by atoms with Crippen LogP contribution < -0.4 is 5.73 Å². The maximum atomic E-state index is 5.52. The Kier molecular flexibility index (Phi) is 4.85. The molecule has 1 unspecified atom stereocenters. The minimum absolute atomic E-state index is 0.405. The summed E-state index contributed by atoms with van der Waals surface area (Å²) < 4.78 is 11.5. The molecule has 2 rings (SSSR count). The first kappa shape index (κ1) is 13.6. The normalized spacial score (nSPS) is 12.8. The van der Waals surface area contributed by atoms with Crippen molar-refractivity contribution in [3.05, 3.63) is 22.7 Å². The molecule has 0 aliphatic heterocycles. The molecule has 0 amide bonds. The number of hydrogen-bond donors (Lipinski definition) is 1. The van der Waals surface area contributed by atoms with Crippen LogP contribution in [-0.2, 0) is 5.75 Å². The van der Waals surface area contributed by atoms with Crippen LogP contribution in [0.4, 0.5) is 0 Å². The number of nitrogens with two attached hydrogens (primary N) is 1. The van der Waals surface area contributed by atoms with Gasteiger partial charge in [0.05, 0.1) is 5.75 Å². The molecule has 0 saturated carbocycles. The van der Waals surface area contributed by atoms with E-state index in [1.54, 1.807) is 23.9 Å². The Bertz CT molecular complexity index is 500. The summed E-state index contributed by atoms with van der Waals surface area (Å²) in [5.41, 5.74) is 5.50. The molecule has 98 valence electrons. The first-order valence-electron chi connectivity index (χ1n) is 5.59. The number of aromatic nitrogens is 2. The van der Waals surface area contributed by atoms with Gasteiger partial charge in [0.1, 0.15) is 0 Å². The number of furan rings is 1. The fourth-order valence-corrected chi connectivity index (χ4v) is 2.53. The van der Waals surface area contributed by atoms with Gasteiger partial charge in [-0.15, -0.1) is 22.0 Å². The fourth-order valence-electron chi connectivity index (χ4n) is 1.37. The maximum Gasteiger partial charge on any atom is 0.283 e. The molecule has 2 heterocycles. The van der Waals surface area contributed by atoms with Crippen molar-refractivity contribution in [3.63, 3.8) is 0 Å². The summed E-state index contributed by atoms with van der Waals surface area (Å²) in [5, 5.41) is 8.43. The third kappa shape index (κ3) is 3.60. The molecule has 0 aliphatic carbocycles.